The summed E-state index contributed by atoms with van der Waals surface area (Å²) in [4.78, 5) is 16.7. The summed E-state index contributed by atoms with van der Waals surface area (Å²) in [7, 11) is 4.16. The molecule has 0 saturated heterocycles. The fourth-order valence-electron chi connectivity index (χ4n) is 4.67. The third-order valence-electron chi connectivity index (χ3n) is 6.81. The maximum atomic E-state index is 14.4. The van der Waals surface area contributed by atoms with Gasteiger partial charge in [0.2, 0.25) is 0 Å². The summed E-state index contributed by atoms with van der Waals surface area (Å²) in [5.74, 6) is -3.29. The van der Waals surface area contributed by atoms with Crippen molar-refractivity contribution < 1.29 is 27.4 Å². The van der Waals surface area contributed by atoms with Gasteiger partial charge in [-0.05, 0) is 70.8 Å². The van der Waals surface area contributed by atoms with Crippen LogP contribution in [0.2, 0.25) is 0 Å². The summed E-state index contributed by atoms with van der Waals surface area (Å²) in [6.45, 7) is 1.70. The fourth-order valence-corrected chi connectivity index (χ4v) is 4.67. The van der Waals surface area contributed by atoms with Gasteiger partial charge in [0, 0.05) is 24.3 Å². The van der Waals surface area contributed by atoms with Gasteiger partial charge in [0.25, 0.3) is 0 Å². The molecular weight excluding hydrogens is 481 g/mol. The van der Waals surface area contributed by atoms with Gasteiger partial charge in [-0.3, -0.25) is 0 Å². The molecule has 0 radical (unpaired) electrons. The summed E-state index contributed by atoms with van der Waals surface area (Å²) in [5, 5.41) is 0. The average molecular weight is 521 g/mol. The first kappa shape index (κ1) is 29.0. The number of benzene rings is 2. The first-order chi connectivity index (χ1) is 17.8. The molecule has 0 unspecified atom stereocenters. The zero-order valence-electron chi connectivity index (χ0n) is 21.9. The van der Waals surface area contributed by atoms with Crippen molar-refractivity contribution in [2.45, 2.75) is 76.7 Å². The van der Waals surface area contributed by atoms with Crippen molar-refractivity contribution in [2.75, 3.05) is 27.2 Å². The Kier molecular flexibility index (Phi) is 11.7. The van der Waals surface area contributed by atoms with Gasteiger partial charge in [0.1, 0.15) is 12.4 Å². The standard InChI is InChI=1S/C29H39F3N2O3/c1-33(2)16-8-3-4-9-17-36-25-14-12-24(13-15-25)34(20-23-18-27(31)28(32)19-26(23)30)29(35)37-21-22-10-6-5-7-11-22/h5-7,10-11,18-19,24-25H,3-4,8-9,12-17,20-21H2,1-2H3/t24-,25-. The Bertz CT molecular complexity index is 966. The summed E-state index contributed by atoms with van der Waals surface area (Å²) in [5.41, 5.74) is 0.747. The molecule has 1 aliphatic rings. The van der Waals surface area contributed by atoms with E-state index in [0.29, 0.717) is 18.9 Å². The molecule has 1 saturated carbocycles. The summed E-state index contributed by atoms with van der Waals surface area (Å²) < 4.78 is 53.3. The molecule has 3 rings (SSSR count). The highest BCUT2D eigenvalue weighted by molar-refractivity contribution is 5.68. The van der Waals surface area contributed by atoms with Crippen molar-refractivity contribution in [2.24, 2.45) is 0 Å². The minimum absolute atomic E-state index is 0.0729. The molecule has 0 aromatic heterocycles. The number of ether oxygens (including phenoxy) is 2. The van der Waals surface area contributed by atoms with E-state index >= 15 is 0 Å². The fraction of sp³-hybridized carbons (Fsp3) is 0.552. The number of unbranched alkanes of at least 4 members (excludes halogenated alkanes) is 3. The first-order valence-electron chi connectivity index (χ1n) is 13.2. The van der Waals surface area contributed by atoms with E-state index in [1.165, 1.54) is 17.7 Å². The minimum Gasteiger partial charge on any atom is -0.445 e. The molecule has 0 bridgehead atoms. The van der Waals surface area contributed by atoms with Gasteiger partial charge in [0.15, 0.2) is 11.6 Å². The van der Waals surface area contributed by atoms with Crippen LogP contribution in [0.15, 0.2) is 42.5 Å². The number of hydrogen-bond donors (Lipinski definition) is 0. The van der Waals surface area contributed by atoms with Crippen LogP contribution in [0.1, 0.15) is 62.5 Å². The third kappa shape index (κ3) is 9.67. The Morgan fingerprint density at radius 1 is 0.892 bits per heavy atom. The Morgan fingerprint density at radius 2 is 1.57 bits per heavy atom. The van der Waals surface area contributed by atoms with Crippen molar-refractivity contribution in [3.05, 3.63) is 71.0 Å². The highest BCUT2D eigenvalue weighted by Gasteiger charge is 2.31. The van der Waals surface area contributed by atoms with Crippen LogP contribution in [0.4, 0.5) is 18.0 Å². The van der Waals surface area contributed by atoms with Crippen molar-refractivity contribution in [1.29, 1.82) is 0 Å². The Balaban J connectivity index is 1.54. The molecule has 2 aromatic rings. The van der Waals surface area contributed by atoms with E-state index in [0.717, 1.165) is 50.5 Å². The van der Waals surface area contributed by atoms with Crippen LogP contribution in [0.5, 0.6) is 0 Å². The number of carbonyl (C=O) groups excluding carboxylic acids is 1. The van der Waals surface area contributed by atoms with Crippen LogP contribution < -0.4 is 0 Å². The van der Waals surface area contributed by atoms with Gasteiger partial charge in [-0.2, -0.15) is 0 Å². The third-order valence-corrected chi connectivity index (χ3v) is 6.81. The van der Waals surface area contributed by atoms with E-state index < -0.39 is 23.5 Å². The van der Waals surface area contributed by atoms with Crippen LogP contribution in [0.25, 0.3) is 0 Å². The maximum absolute atomic E-state index is 14.4. The summed E-state index contributed by atoms with van der Waals surface area (Å²) >= 11 is 0. The molecule has 0 atom stereocenters. The summed E-state index contributed by atoms with van der Waals surface area (Å²) in [6, 6.07) is 10.4. The predicted octanol–water partition coefficient (Wildman–Crippen LogP) is 6.69. The second kappa shape index (κ2) is 15.0. The van der Waals surface area contributed by atoms with Crippen molar-refractivity contribution in [3.63, 3.8) is 0 Å². The molecule has 37 heavy (non-hydrogen) atoms. The number of amides is 1. The van der Waals surface area contributed by atoms with Gasteiger partial charge in [0.05, 0.1) is 12.6 Å². The lowest BCUT2D eigenvalue weighted by atomic mass is 9.91. The zero-order valence-corrected chi connectivity index (χ0v) is 21.9. The highest BCUT2D eigenvalue weighted by atomic mass is 19.2. The lowest BCUT2D eigenvalue weighted by Gasteiger charge is -2.36. The van der Waals surface area contributed by atoms with Crippen molar-refractivity contribution in [3.8, 4) is 0 Å². The lowest BCUT2D eigenvalue weighted by Crippen LogP contribution is -2.43. The van der Waals surface area contributed by atoms with Crippen LogP contribution >= 0.6 is 0 Å². The molecule has 0 aliphatic heterocycles. The number of hydrogen-bond acceptors (Lipinski definition) is 4. The number of nitrogens with zero attached hydrogens (tertiary/aromatic N) is 2. The van der Waals surface area contributed by atoms with E-state index in [1.54, 1.807) is 0 Å². The van der Waals surface area contributed by atoms with Gasteiger partial charge >= 0.3 is 6.09 Å². The smallest absolute Gasteiger partial charge is 0.410 e. The van der Waals surface area contributed by atoms with Crippen LogP contribution in [0, 0.1) is 17.5 Å². The quantitative estimate of drug-likeness (QED) is 0.218. The van der Waals surface area contributed by atoms with Gasteiger partial charge in [-0.25, -0.2) is 18.0 Å². The van der Waals surface area contributed by atoms with Crippen LogP contribution in [0.3, 0.4) is 0 Å². The average Bonchev–Trinajstić information content (AvgIpc) is 2.89. The van der Waals surface area contributed by atoms with Crippen molar-refractivity contribution in [1.82, 2.24) is 9.80 Å². The molecule has 204 valence electrons. The molecule has 0 heterocycles. The van der Waals surface area contributed by atoms with E-state index in [-0.39, 0.29) is 30.9 Å². The van der Waals surface area contributed by atoms with Crippen molar-refractivity contribution >= 4 is 6.09 Å². The predicted molar refractivity (Wildman–Crippen MR) is 138 cm³/mol. The second-order valence-electron chi connectivity index (χ2n) is 10.0. The topological polar surface area (TPSA) is 42.0 Å². The molecule has 1 amide bonds. The van der Waals surface area contributed by atoms with Gasteiger partial charge in [-0.1, -0.05) is 43.2 Å². The molecule has 1 fully saturated rings. The molecule has 2 aromatic carbocycles. The van der Waals surface area contributed by atoms with E-state index in [9.17, 15) is 18.0 Å². The monoisotopic (exact) mass is 520 g/mol. The van der Waals surface area contributed by atoms with Gasteiger partial charge < -0.3 is 19.3 Å². The molecule has 8 heteroatoms. The van der Waals surface area contributed by atoms with Crippen LogP contribution in [-0.2, 0) is 22.6 Å². The second-order valence-corrected chi connectivity index (χ2v) is 10.0. The van der Waals surface area contributed by atoms with E-state index in [1.807, 2.05) is 30.3 Å². The van der Waals surface area contributed by atoms with Gasteiger partial charge in [-0.15, -0.1) is 0 Å². The molecule has 5 nitrogen and oxygen atoms in total. The van der Waals surface area contributed by atoms with Crippen LogP contribution in [-0.4, -0.2) is 55.3 Å². The molecule has 0 N–H and O–H groups in total. The minimum atomic E-state index is -1.25. The molecule has 0 spiro atoms. The molecule has 1 aliphatic carbocycles. The number of rotatable bonds is 13. The number of halogens is 3. The van der Waals surface area contributed by atoms with E-state index in [4.69, 9.17) is 9.47 Å². The highest BCUT2D eigenvalue weighted by Crippen LogP contribution is 2.28. The SMILES string of the molecule is CN(C)CCCCCCO[C@H]1CC[C@H](N(Cc2cc(F)c(F)cc2F)C(=O)OCc2ccccc2)CC1. The Hall–Kier alpha value is -2.58. The van der Waals surface area contributed by atoms with E-state index in [2.05, 4.69) is 19.0 Å². The largest absolute Gasteiger partial charge is 0.445 e. The normalized spacial score (nSPS) is 17.7. The maximum Gasteiger partial charge on any atom is 0.410 e. The number of carbonyl (C=O) groups is 1. The summed E-state index contributed by atoms with van der Waals surface area (Å²) in [6.07, 6.45) is 6.95. The molecular formula is C29H39F3N2O3. The first-order valence-corrected chi connectivity index (χ1v) is 13.2. The lowest BCUT2D eigenvalue weighted by molar-refractivity contribution is 0.00179. The zero-order chi connectivity index (χ0) is 26.6. The Labute approximate surface area is 218 Å². The Morgan fingerprint density at radius 3 is 2.27 bits per heavy atom.